The Hall–Kier alpha value is -0.596. The molecule has 0 N–H and O–H groups in total. The Balaban J connectivity index is 0.000000720. The van der Waals surface area contributed by atoms with Crippen molar-refractivity contribution in [2.45, 2.75) is 6.42 Å². The number of methoxy groups -OCH3 is 1. The minimum absolute atomic E-state index is 0. The van der Waals surface area contributed by atoms with Crippen molar-refractivity contribution >= 4 is 5.69 Å². The Morgan fingerprint density at radius 1 is 1.42 bits per heavy atom. The van der Waals surface area contributed by atoms with Gasteiger partial charge in [-0.05, 0) is 12.5 Å². The normalized spacial score (nSPS) is 12.8. The molecule has 0 saturated carbocycles. The molecule has 63 valence electrons. The third-order valence-corrected chi connectivity index (χ3v) is 1.95. The largest absolute Gasteiger partial charge is 0.681 e. The van der Waals surface area contributed by atoms with Gasteiger partial charge in [-0.25, -0.2) is 0 Å². The Labute approximate surface area is 84.2 Å². The van der Waals surface area contributed by atoms with Crippen LogP contribution in [-0.2, 0) is 25.0 Å². The van der Waals surface area contributed by atoms with Crippen LogP contribution in [0.25, 0.3) is 5.32 Å². The Bertz CT molecular complexity index is 275. The van der Waals surface area contributed by atoms with E-state index >= 15 is 0 Å². The Morgan fingerprint density at radius 3 is 3.00 bits per heavy atom. The predicted octanol–water partition coefficient (Wildman–Crippen LogP) is 2.25. The van der Waals surface area contributed by atoms with Gasteiger partial charge in [0.15, 0.2) is 0 Å². The number of benzene rings is 1. The molecule has 0 aliphatic carbocycles. The molecule has 1 aromatic carbocycles. The maximum Gasteiger partial charge on any atom is 0.104 e. The summed E-state index contributed by atoms with van der Waals surface area (Å²) in [5.41, 5.74) is 2.36. The second-order valence-electron chi connectivity index (χ2n) is 2.60. The standard InChI is InChI=1S/C9H10NO.V/c1-11-8-4-2-3-7-5-6-10-9(7)8;/h2-4H,5-6H2,1H3;/q-1;. The summed E-state index contributed by atoms with van der Waals surface area (Å²) in [7, 11) is 1.68. The molecule has 1 aliphatic heterocycles. The summed E-state index contributed by atoms with van der Waals surface area (Å²) in [6, 6.07) is 6.07. The minimum atomic E-state index is 0. The number of ether oxygens (including phenoxy) is 1. The van der Waals surface area contributed by atoms with Gasteiger partial charge >= 0.3 is 0 Å². The van der Waals surface area contributed by atoms with Gasteiger partial charge in [0, 0.05) is 18.6 Å². The van der Waals surface area contributed by atoms with Crippen LogP contribution in [-0.4, -0.2) is 13.7 Å². The number of hydrogen-bond acceptors (Lipinski definition) is 1. The zero-order valence-electron chi connectivity index (χ0n) is 6.95. The van der Waals surface area contributed by atoms with Crippen molar-refractivity contribution < 1.29 is 23.3 Å². The molecule has 0 spiro atoms. The maximum atomic E-state index is 5.16. The van der Waals surface area contributed by atoms with Crippen LogP contribution in [0.5, 0.6) is 5.75 Å². The smallest absolute Gasteiger partial charge is 0.104 e. The molecule has 1 heterocycles. The van der Waals surface area contributed by atoms with E-state index in [0.717, 1.165) is 24.4 Å². The summed E-state index contributed by atoms with van der Waals surface area (Å²) in [6.45, 7) is 0.912. The van der Waals surface area contributed by atoms with Crippen LogP contribution < -0.4 is 4.74 Å². The number of rotatable bonds is 1. The van der Waals surface area contributed by atoms with Gasteiger partial charge in [-0.2, -0.15) is 0 Å². The SMILES string of the molecule is COc1cccc2c1[N-]CC2.[V]. The molecule has 1 radical (unpaired) electrons. The van der Waals surface area contributed by atoms with E-state index < -0.39 is 0 Å². The molecule has 12 heavy (non-hydrogen) atoms. The molecule has 0 amide bonds. The molecule has 2 rings (SSSR count). The van der Waals surface area contributed by atoms with Crippen molar-refractivity contribution in [3.8, 4) is 5.75 Å². The number of fused-ring (bicyclic) bond motifs is 1. The molecule has 2 nitrogen and oxygen atoms in total. The van der Waals surface area contributed by atoms with E-state index in [4.69, 9.17) is 4.74 Å². The fourth-order valence-corrected chi connectivity index (χ4v) is 1.40. The molecule has 0 atom stereocenters. The van der Waals surface area contributed by atoms with Crippen molar-refractivity contribution in [3.63, 3.8) is 0 Å². The average molecular weight is 199 g/mol. The van der Waals surface area contributed by atoms with Crippen molar-refractivity contribution in [2.75, 3.05) is 13.7 Å². The van der Waals surface area contributed by atoms with Crippen LogP contribution >= 0.6 is 0 Å². The summed E-state index contributed by atoms with van der Waals surface area (Å²) in [4.78, 5) is 0. The molecule has 0 unspecified atom stereocenters. The second-order valence-corrected chi connectivity index (χ2v) is 2.60. The van der Waals surface area contributed by atoms with Gasteiger partial charge in [-0.15, -0.1) is 6.54 Å². The van der Waals surface area contributed by atoms with Crippen LogP contribution in [0.2, 0.25) is 0 Å². The van der Waals surface area contributed by atoms with Crippen molar-refractivity contribution in [3.05, 3.63) is 29.1 Å². The minimum Gasteiger partial charge on any atom is -0.681 e. The van der Waals surface area contributed by atoms with Crippen LogP contribution in [0, 0.1) is 0 Å². The number of para-hydroxylation sites is 1. The molecular weight excluding hydrogens is 189 g/mol. The molecule has 1 aromatic rings. The van der Waals surface area contributed by atoms with E-state index in [1.807, 2.05) is 12.1 Å². The van der Waals surface area contributed by atoms with E-state index in [9.17, 15) is 0 Å². The molecule has 0 fully saturated rings. The summed E-state index contributed by atoms with van der Waals surface area (Å²) in [6.07, 6.45) is 1.06. The van der Waals surface area contributed by atoms with Gasteiger partial charge in [0.05, 0.1) is 7.11 Å². The van der Waals surface area contributed by atoms with Crippen molar-refractivity contribution in [2.24, 2.45) is 0 Å². The first kappa shape index (κ1) is 9.49. The van der Waals surface area contributed by atoms with Crippen molar-refractivity contribution in [1.82, 2.24) is 0 Å². The van der Waals surface area contributed by atoms with E-state index in [1.165, 1.54) is 5.56 Å². The second kappa shape index (κ2) is 3.88. The maximum absolute atomic E-state index is 5.16. The summed E-state index contributed by atoms with van der Waals surface area (Å²) >= 11 is 0. The van der Waals surface area contributed by atoms with E-state index in [-0.39, 0.29) is 18.6 Å². The number of hydrogen-bond donors (Lipinski definition) is 0. The molecular formula is C9H10NOV-. The number of nitrogens with zero attached hydrogens (tertiary/aromatic N) is 1. The van der Waals surface area contributed by atoms with Crippen LogP contribution in [0.15, 0.2) is 18.2 Å². The Kier molecular flexibility index (Phi) is 3.07. The van der Waals surface area contributed by atoms with Gasteiger partial charge < -0.3 is 10.1 Å². The third kappa shape index (κ3) is 1.45. The van der Waals surface area contributed by atoms with Crippen LogP contribution in [0.1, 0.15) is 5.56 Å². The fourth-order valence-electron chi connectivity index (χ4n) is 1.40. The first-order valence-electron chi connectivity index (χ1n) is 3.75. The molecule has 0 saturated heterocycles. The first-order chi connectivity index (χ1) is 5.42. The van der Waals surface area contributed by atoms with Gasteiger partial charge in [0.1, 0.15) is 5.75 Å². The van der Waals surface area contributed by atoms with Crippen LogP contribution in [0.3, 0.4) is 0 Å². The fraction of sp³-hybridized carbons (Fsp3) is 0.333. The molecule has 1 aliphatic rings. The molecule has 0 aromatic heterocycles. The van der Waals surface area contributed by atoms with Crippen LogP contribution in [0.4, 0.5) is 5.69 Å². The molecule has 0 bridgehead atoms. The van der Waals surface area contributed by atoms with E-state index in [0.29, 0.717) is 0 Å². The van der Waals surface area contributed by atoms with Crippen molar-refractivity contribution in [1.29, 1.82) is 0 Å². The summed E-state index contributed by atoms with van der Waals surface area (Å²) < 4.78 is 5.16. The summed E-state index contributed by atoms with van der Waals surface area (Å²) in [5, 5.41) is 4.35. The zero-order valence-corrected chi connectivity index (χ0v) is 8.35. The van der Waals surface area contributed by atoms with Gasteiger partial charge in [-0.3, -0.25) is 0 Å². The molecule has 3 heteroatoms. The van der Waals surface area contributed by atoms with E-state index in [1.54, 1.807) is 7.11 Å². The predicted molar refractivity (Wildman–Crippen MR) is 44.6 cm³/mol. The third-order valence-electron chi connectivity index (χ3n) is 1.95. The topological polar surface area (TPSA) is 23.3 Å². The zero-order chi connectivity index (χ0) is 7.68. The summed E-state index contributed by atoms with van der Waals surface area (Å²) in [5.74, 6) is 0.903. The van der Waals surface area contributed by atoms with E-state index in [2.05, 4.69) is 11.4 Å². The quantitative estimate of drug-likeness (QED) is 0.680. The average Bonchev–Trinajstić information content (AvgIpc) is 2.50. The monoisotopic (exact) mass is 199 g/mol. The Morgan fingerprint density at radius 2 is 2.25 bits per heavy atom. The van der Waals surface area contributed by atoms with Gasteiger partial charge in [0.25, 0.3) is 0 Å². The van der Waals surface area contributed by atoms with Gasteiger partial charge in [-0.1, -0.05) is 23.4 Å². The first-order valence-corrected chi connectivity index (χ1v) is 3.75. The van der Waals surface area contributed by atoms with Gasteiger partial charge in [0.2, 0.25) is 0 Å².